The second-order valence-corrected chi connectivity index (χ2v) is 4.84. The summed E-state index contributed by atoms with van der Waals surface area (Å²) in [7, 11) is 0. The second-order valence-electron chi connectivity index (χ2n) is 4.02. The van der Waals surface area contributed by atoms with Crippen LogP contribution in [-0.4, -0.2) is 5.11 Å². The number of hydrogen-bond acceptors (Lipinski definition) is 2. The minimum absolute atomic E-state index is 0.0939. The van der Waals surface area contributed by atoms with Gasteiger partial charge in [0.25, 0.3) is 0 Å². The van der Waals surface area contributed by atoms with Crippen molar-refractivity contribution in [3.05, 3.63) is 58.1 Å². The highest BCUT2D eigenvalue weighted by Crippen LogP contribution is 2.34. The highest BCUT2D eigenvalue weighted by atomic mass is 35.5. The zero-order valence-electron chi connectivity index (χ0n) is 9.82. The van der Waals surface area contributed by atoms with Gasteiger partial charge >= 0.3 is 0 Å². The van der Waals surface area contributed by atoms with E-state index in [1.807, 2.05) is 19.1 Å². The van der Waals surface area contributed by atoms with Gasteiger partial charge in [0, 0.05) is 5.56 Å². The Balaban J connectivity index is 2.27. The molecule has 2 aromatic rings. The fraction of sp³-hybridized carbons (Fsp3) is 0.143. The highest BCUT2D eigenvalue weighted by Gasteiger charge is 2.13. The molecule has 0 heterocycles. The first-order valence-corrected chi connectivity index (χ1v) is 6.33. The van der Waals surface area contributed by atoms with Crippen LogP contribution in [0.15, 0.2) is 42.5 Å². The molecule has 2 nitrogen and oxygen atoms in total. The van der Waals surface area contributed by atoms with Gasteiger partial charge in [-0.15, -0.1) is 0 Å². The van der Waals surface area contributed by atoms with Crippen LogP contribution in [0.2, 0.25) is 10.0 Å². The van der Waals surface area contributed by atoms with E-state index in [0.29, 0.717) is 15.7 Å². The first kappa shape index (κ1) is 13.1. The zero-order valence-corrected chi connectivity index (χ0v) is 11.3. The summed E-state index contributed by atoms with van der Waals surface area (Å²) in [6.07, 6.45) is 0. The normalized spacial score (nSPS) is 12.2. The summed E-state index contributed by atoms with van der Waals surface area (Å²) in [6.45, 7) is 1.94. The van der Waals surface area contributed by atoms with E-state index in [2.05, 4.69) is 5.32 Å². The molecule has 0 aliphatic heterocycles. The lowest BCUT2D eigenvalue weighted by molar-refractivity contribution is 0.465. The molecule has 2 aromatic carbocycles. The van der Waals surface area contributed by atoms with E-state index in [1.54, 1.807) is 30.3 Å². The molecule has 0 aliphatic carbocycles. The zero-order chi connectivity index (χ0) is 13.1. The van der Waals surface area contributed by atoms with Crippen LogP contribution < -0.4 is 5.32 Å². The van der Waals surface area contributed by atoms with Crippen molar-refractivity contribution in [3.63, 3.8) is 0 Å². The van der Waals surface area contributed by atoms with Gasteiger partial charge in [0.2, 0.25) is 0 Å². The quantitative estimate of drug-likeness (QED) is 0.841. The van der Waals surface area contributed by atoms with E-state index in [0.717, 1.165) is 5.56 Å². The number of hydrogen-bond donors (Lipinski definition) is 2. The Morgan fingerprint density at radius 2 is 1.61 bits per heavy atom. The van der Waals surface area contributed by atoms with Crippen LogP contribution in [-0.2, 0) is 0 Å². The maximum absolute atomic E-state index is 9.79. The monoisotopic (exact) mass is 281 g/mol. The van der Waals surface area contributed by atoms with Gasteiger partial charge < -0.3 is 10.4 Å². The van der Waals surface area contributed by atoms with Crippen LogP contribution in [0.25, 0.3) is 0 Å². The maximum atomic E-state index is 9.79. The first-order valence-electron chi connectivity index (χ1n) is 5.58. The van der Waals surface area contributed by atoms with Crippen LogP contribution in [0.5, 0.6) is 5.75 Å². The number of para-hydroxylation sites is 2. The average Bonchev–Trinajstić information content (AvgIpc) is 2.34. The predicted octanol–water partition coefficient (Wildman–Crippen LogP) is 4.87. The Morgan fingerprint density at radius 3 is 2.22 bits per heavy atom. The minimum Gasteiger partial charge on any atom is -0.508 e. The Labute approximate surface area is 116 Å². The number of phenols is 1. The summed E-state index contributed by atoms with van der Waals surface area (Å²) >= 11 is 12.2. The molecule has 2 rings (SSSR count). The van der Waals surface area contributed by atoms with Crippen LogP contribution in [0, 0.1) is 0 Å². The molecule has 1 unspecified atom stereocenters. The van der Waals surface area contributed by atoms with Gasteiger partial charge in [0.1, 0.15) is 5.75 Å². The molecule has 94 valence electrons. The molecule has 0 fully saturated rings. The van der Waals surface area contributed by atoms with Crippen molar-refractivity contribution < 1.29 is 5.11 Å². The van der Waals surface area contributed by atoms with Gasteiger partial charge in [-0.3, -0.25) is 0 Å². The molecule has 0 radical (unpaired) electrons. The SMILES string of the molecule is CC(Nc1c(Cl)cccc1Cl)c1ccccc1O. The van der Waals surface area contributed by atoms with Gasteiger partial charge in [-0.1, -0.05) is 47.5 Å². The number of benzene rings is 2. The van der Waals surface area contributed by atoms with E-state index in [1.165, 1.54) is 0 Å². The Kier molecular flexibility index (Phi) is 4.00. The molecule has 0 saturated heterocycles. The standard InChI is InChI=1S/C14H13Cl2NO/c1-9(10-5-2-3-8-13(10)18)17-14-11(15)6-4-7-12(14)16/h2-9,17-18H,1H3. The lowest BCUT2D eigenvalue weighted by atomic mass is 10.1. The molecule has 1 atom stereocenters. The largest absolute Gasteiger partial charge is 0.508 e. The third kappa shape index (κ3) is 2.71. The maximum Gasteiger partial charge on any atom is 0.120 e. The number of anilines is 1. The fourth-order valence-corrected chi connectivity index (χ4v) is 2.29. The summed E-state index contributed by atoms with van der Waals surface area (Å²) < 4.78 is 0. The Hall–Kier alpha value is -1.38. The van der Waals surface area contributed by atoms with Crippen LogP contribution in [0.3, 0.4) is 0 Å². The Bertz CT molecular complexity index is 537. The number of halogens is 2. The molecule has 0 aliphatic rings. The minimum atomic E-state index is -0.0939. The first-order chi connectivity index (χ1) is 8.59. The fourth-order valence-electron chi connectivity index (χ4n) is 1.78. The summed E-state index contributed by atoms with van der Waals surface area (Å²) in [6, 6.07) is 12.4. The molecule has 0 aromatic heterocycles. The van der Waals surface area contributed by atoms with Crippen molar-refractivity contribution in [2.24, 2.45) is 0 Å². The number of nitrogens with one attached hydrogen (secondary N) is 1. The molecule has 0 bridgehead atoms. The van der Waals surface area contributed by atoms with Gasteiger partial charge in [-0.25, -0.2) is 0 Å². The van der Waals surface area contributed by atoms with Gasteiger partial charge in [-0.05, 0) is 25.1 Å². The average molecular weight is 282 g/mol. The van der Waals surface area contributed by atoms with Crippen LogP contribution >= 0.6 is 23.2 Å². The van der Waals surface area contributed by atoms with E-state index in [-0.39, 0.29) is 11.8 Å². The van der Waals surface area contributed by atoms with Crippen molar-refractivity contribution in [3.8, 4) is 5.75 Å². The molecule has 4 heteroatoms. The van der Waals surface area contributed by atoms with Crippen LogP contribution in [0.1, 0.15) is 18.5 Å². The highest BCUT2D eigenvalue weighted by molar-refractivity contribution is 6.39. The van der Waals surface area contributed by atoms with E-state index < -0.39 is 0 Å². The lowest BCUT2D eigenvalue weighted by Crippen LogP contribution is -2.07. The molecule has 0 spiro atoms. The third-order valence-corrected chi connectivity index (χ3v) is 3.36. The second kappa shape index (κ2) is 5.51. The smallest absolute Gasteiger partial charge is 0.120 e. The molecular weight excluding hydrogens is 269 g/mol. The summed E-state index contributed by atoms with van der Waals surface area (Å²) in [5.74, 6) is 0.251. The topological polar surface area (TPSA) is 32.3 Å². The molecule has 2 N–H and O–H groups in total. The molecular formula is C14H13Cl2NO. The van der Waals surface area contributed by atoms with Gasteiger partial charge in [0.05, 0.1) is 21.8 Å². The van der Waals surface area contributed by atoms with Crippen molar-refractivity contribution >= 4 is 28.9 Å². The van der Waals surface area contributed by atoms with Crippen molar-refractivity contribution in [2.45, 2.75) is 13.0 Å². The van der Waals surface area contributed by atoms with Crippen LogP contribution in [0.4, 0.5) is 5.69 Å². The van der Waals surface area contributed by atoms with E-state index in [4.69, 9.17) is 23.2 Å². The Morgan fingerprint density at radius 1 is 1.00 bits per heavy atom. The molecule has 18 heavy (non-hydrogen) atoms. The predicted molar refractivity (Wildman–Crippen MR) is 76.6 cm³/mol. The lowest BCUT2D eigenvalue weighted by Gasteiger charge is -2.18. The number of rotatable bonds is 3. The summed E-state index contributed by atoms with van der Waals surface area (Å²) in [5, 5.41) is 14.1. The molecule has 0 amide bonds. The van der Waals surface area contributed by atoms with Crippen molar-refractivity contribution in [2.75, 3.05) is 5.32 Å². The van der Waals surface area contributed by atoms with Gasteiger partial charge in [0.15, 0.2) is 0 Å². The number of phenolic OH excluding ortho intramolecular Hbond substituents is 1. The summed E-state index contributed by atoms with van der Waals surface area (Å²) in [5.41, 5.74) is 1.48. The van der Waals surface area contributed by atoms with Crippen molar-refractivity contribution in [1.82, 2.24) is 0 Å². The molecule has 0 saturated carbocycles. The van der Waals surface area contributed by atoms with E-state index in [9.17, 15) is 5.11 Å². The van der Waals surface area contributed by atoms with E-state index >= 15 is 0 Å². The third-order valence-electron chi connectivity index (χ3n) is 2.73. The van der Waals surface area contributed by atoms with Gasteiger partial charge in [-0.2, -0.15) is 0 Å². The summed E-state index contributed by atoms with van der Waals surface area (Å²) in [4.78, 5) is 0. The number of aromatic hydroxyl groups is 1. The van der Waals surface area contributed by atoms with Crippen molar-refractivity contribution in [1.29, 1.82) is 0 Å².